The maximum atomic E-state index is 13.4. The fourth-order valence-electron chi connectivity index (χ4n) is 4.90. The summed E-state index contributed by atoms with van der Waals surface area (Å²) in [6.45, 7) is 0.00610. The molecule has 2 fully saturated rings. The third-order valence-electron chi connectivity index (χ3n) is 6.32. The van der Waals surface area contributed by atoms with Crippen LogP contribution >= 0.6 is 0 Å². The average molecular weight is 385 g/mol. The zero-order valence-corrected chi connectivity index (χ0v) is 16.3. The van der Waals surface area contributed by atoms with Crippen LogP contribution in [0.5, 0.6) is 0 Å². The molecular weight excluding hydrogens is 357 g/mol. The zero-order valence-electron chi connectivity index (χ0n) is 16.3. The highest BCUT2D eigenvalue weighted by Crippen LogP contribution is 2.30. The van der Waals surface area contributed by atoms with E-state index in [0.717, 1.165) is 25.7 Å². The van der Waals surface area contributed by atoms with Crippen molar-refractivity contribution in [1.29, 1.82) is 0 Å². The highest BCUT2D eigenvalue weighted by molar-refractivity contribution is 5.79. The molecule has 1 aromatic heterocycles. The van der Waals surface area contributed by atoms with Crippen LogP contribution in [0.25, 0.3) is 10.9 Å². The number of aromatic nitrogens is 2. The summed E-state index contributed by atoms with van der Waals surface area (Å²) in [5.74, 6) is -0.404. The molecule has 2 aromatic rings. The summed E-state index contributed by atoms with van der Waals surface area (Å²) in [5.41, 5.74) is 0.0377. The molecule has 0 bridgehead atoms. The second-order valence-electron chi connectivity index (χ2n) is 8.22. The lowest BCUT2D eigenvalue weighted by Crippen LogP contribution is -2.50. The van der Waals surface area contributed by atoms with Gasteiger partial charge in [-0.05, 0) is 37.8 Å². The minimum absolute atomic E-state index is 0.00610. The molecule has 5 nitrogen and oxygen atoms in total. The normalized spacial score (nSPS) is 19.0. The predicted octanol–water partition coefficient (Wildman–Crippen LogP) is 4.03. The van der Waals surface area contributed by atoms with Crippen molar-refractivity contribution in [3.8, 4) is 0 Å². The Morgan fingerprint density at radius 3 is 2.25 bits per heavy atom. The van der Waals surface area contributed by atoms with Gasteiger partial charge in [-0.2, -0.15) is 0 Å². The number of amides is 1. The molecule has 1 amide bonds. The van der Waals surface area contributed by atoms with Gasteiger partial charge < -0.3 is 4.90 Å². The molecule has 0 saturated heterocycles. The Bertz CT molecular complexity index is 880. The lowest BCUT2D eigenvalue weighted by Gasteiger charge is -2.42. The lowest BCUT2D eigenvalue weighted by atomic mass is 9.88. The molecule has 2 aliphatic rings. The highest BCUT2D eigenvalue weighted by Gasteiger charge is 2.32. The van der Waals surface area contributed by atoms with Gasteiger partial charge in [0, 0.05) is 18.2 Å². The van der Waals surface area contributed by atoms with Crippen molar-refractivity contribution in [2.75, 3.05) is 0 Å². The van der Waals surface area contributed by atoms with Crippen LogP contribution in [0, 0.1) is 5.82 Å². The number of benzene rings is 1. The molecule has 6 heteroatoms. The topological polar surface area (TPSA) is 55.2 Å². The highest BCUT2D eigenvalue weighted by atomic mass is 19.1. The molecule has 0 atom stereocenters. The van der Waals surface area contributed by atoms with E-state index in [1.54, 1.807) is 0 Å². The molecule has 1 heterocycles. The summed E-state index contributed by atoms with van der Waals surface area (Å²) >= 11 is 0. The molecule has 0 spiro atoms. The van der Waals surface area contributed by atoms with Crippen LogP contribution in [-0.2, 0) is 11.3 Å². The van der Waals surface area contributed by atoms with Crippen LogP contribution in [-0.4, -0.2) is 32.4 Å². The Hall–Kier alpha value is -2.24. The van der Waals surface area contributed by atoms with Gasteiger partial charge in [-0.25, -0.2) is 9.37 Å². The molecule has 1 aromatic carbocycles. The largest absolute Gasteiger partial charge is 0.335 e. The fourth-order valence-corrected chi connectivity index (χ4v) is 4.90. The number of nitrogens with zero attached hydrogens (tertiary/aromatic N) is 3. The Morgan fingerprint density at radius 2 is 1.64 bits per heavy atom. The van der Waals surface area contributed by atoms with E-state index in [1.165, 1.54) is 67.6 Å². The molecular formula is C22H28FN3O2. The second-order valence-corrected chi connectivity index (χ2v) is 8.22. The van der Waals surface area contributed by atoms with E-state index in [1.807, 2.05) is 0 Å². The van der Waals surface area contributed by atoms with Crippen molar-refractivity contribution in [3.63, 3.8) is 0 Å². The van der Waals surface area contributed by atoms with E-state index >= 15 is 0 Å². The summed E-state index contributed by atoms with van der Waals surface area (Å²) in [7, 11) is 0. The quantitative estimate of drug-likeness (QED) is 0.798. The first-order chi connectivity index (χ1) is 13.6. The van der Waals surface area contributed by atoms with Crippen molar-refractivity contribution < 1.29 is 9.18 Å². The Morgan fingerprint density at radius 1 is 1.04 bits per heavy atom. The van der Waals surface area contributed by atoms with Gasteiger partial charge in [0.25, 0.3) is 5.56 Å². The Balaban J connectivity index is 1.60. The number of halogens is 1. The molecule has 2 aliphatic carbocycles. The molecule has 0 unspecified atom stereocenters. The van der Waals surface area contributed by atoms with Crippen LogP contribution < -0.4 is 5.56 Å². The minimum atomic E-state index is -0.422. The van der Waals surface area contributed by atoms with E-state index in [2.05, 4.69) is 9.88 Å². The van der Waals surface area contributed by atoms with Crippen LogP contribution in [0.15, 0.2) is 29.3 Å². The van der Waals surface area contributed by atoms with Crippen LogP contribution in [0.4, 0.5) is 4.39 Å². The van der Waals surface area contributed by atoms with Crippen LogP contribution in [0.2, 0.25) is 0 Å². The number of hydrogen-bond donors (Lipinski definition) is 0. The molecule has 0 radical (unpaired) electrons. The first-order valence-electron chi connectivity index (χ1n) is 10.6. The smallest absolute Gasteiger partial charge is 0.261 e. The van der Waals surface area contributed by atoms with Crippen LogP contribution in [0.1, 0.15) is 64.2 Å². The van der Waals surface area contributed by atoms with Gasteiger partial charge in [-0.3, -0.25) is 14.2 Å². The van der Waals surface area contributed by atoms with Gasteiger partial charge in [0.15, 0.2) is 0 Å². The minimum Gasteiger partial charge on any atom is -0.335 e. The van der Waals surface area contributed by atoms with E-state index in [0.29, 0.717) is 23.0 Å². The fraction of sp³-hybridized carbons (Fsp3) is 0.591. The standard InChI is InChI=1S/C22H28FN3O2/c23-16-11-12-19-20(13-16)24-15-25(22(19)28)14-21(27)26(17-7-3-1-4-8-17)18-9-5-2-6-10-18/h11-13,15,17-18H,1-10,14H2. The van der Waals surface area contributed by atoms with Gasteiger partial charge in [-0.15, -0.1) is 0 Å². The van der Waals surface area contributed by atoms with Gasteiger partial charge in [-0.1, -0.05) is 38.5 Å². The van der Waals surface area contributed by atoms with Crippen molar-refractivity contribution in [3.05, 3.63) is 40.7 Å². The third kappa shape index (κ3) is 3.96. The van der Waals surface area contributed by atoms with Crippen molar-refractivity contribution in [1.82, 2.24) is 14.5 Å². The lowest BCUT2D eigenvalue weighted by molar-refractivity contribution is -0.138. The van der Waals surface area contributed by atoms with Crippen LogP contribution in [0.3, 0.4) is 0 Å². The Labute approximate surface area is 164 Å². The molecule has 150 valence electrons. The number of hydrogen-bond acceptors (Lipinski definition) is 3. The molecule has 0 N–H and O–H groups in total. The van der Waals surface area contributed by atoms with E-state index in [-0.39, 0.29) is 18.0 Å². The molecule has 0 aliphatic heterocycles. The summed E-state index contributed by atoms with van der Waals surface area (Å²) in [4.78, 5) is 32.4. The van der Waals surface area contributed by atoms with Gasteiger partial charge in [0.1, 0.15) is 12.4 Å². The summed E-state index contributed by atoms with van der Waals surface area (Å²) in [5, 5.41) is 0.346. The number of rotatable bonds is 4. The van der Waals surface area contributed by atoms with Gasteiger partial charge in [0.2, 0.25) is 5.91 Å². The second kappa shape index (κ2) is 8.41. The SMILES string of the molecule is O=C(Cn1cnc2cc(F)ccc2c1=O)N(C1CCCCC1)C1CCCCC1. The number of carbonyl (C=O) groups is 1. The summed E-state index contributed by atoms with van der Waals surface area (Å²) < 4.78 is 14.8. The maximum Gasteiger partial charge on any atom is 0.261 e. The first kappa shape index (κ1) is 19.1. The number of fused-ring (bicyclic) bond motifs is 1. The maximum absolute atomic E-state index is 13.4. The van der Waals surface area contributed by atoms with Crippen molar-refractivity contribution in [2.45, 2.75) is 82.8 Å². The van der Waals surface area contributed by atoms with Gasteiger partial charge >= 0.3 is 0 Å². The first-order valence-corrected chi connectivity index (χ1v) is 10.6. The molecule has 2 saturated carbocycles. The van der Waals surface area contributed by atoms with Gasteiger partial charge in [0.05, 0.1) is 17.2 Å². The number of carbonyl (C=O) groups excluding carboxylic acids is 1. The van der Waals surface area contributed by atoms with Crippen molar-refractivity contribution >= 4 is 16.8 Å². The van der Waals surface area contributed by atoms with E-state index in [4.69, 9.17) is 0 Å². The summed E-state index contributed by atoms with van der Waals surface area (Å²) in [6.07, 6.45) is 12.8. The molecule has 28 heavy (non-hydrogen) atoms. The van der Waals surface area contributed by atoms with E-state index in [9.17, 15) is 14.0 Å². The Kier molecular flexibility index (Phi) is 5.74. The summed E-state index contributed by atoms with van der Waals surface area (Å²) in [6, 6.07) is 4.54. The van der Waals surface area contributed by atoms with E-state index < -0.39 is 5.82 Å². The average Bonchev–Trinajstić information content (AvgIpc) is 2.72. The monoisotopic (exact) mass is 385 g/mol. The predicted molar refractivity (Wildman–Crippen MR) is 107 cm³/mol. The zero-order chi connectivity index (χ0) is 19.5. The third-order valence-corrected chi connectivity index (χ3v) is 6.32. The van der Waals surface area contributed by atoms with Crippen molar-refractivity contribution in [2.24, 2.45) is 0 Å². The molecule has 4 rings (SSSR count).